The number of carbonyl (C=O) groups excluding carboxylic acids is 2. The van der Waals surface area contributed by atoms with E-state index in [0.717, 1.165) is 31.5 Å². The molecular weight excluding hydrogens is 521 g/mol. The normalized spacial score (nSPS) is 16.7. The Bertz CT molecular complexity index is 1130. The van der Waals surface area contributed by atoms with E-state index in [1.165, 1.54) is 13.8 Å². The van der Waals surface area contributed by atoms with Crippen molar-refractivity contribution in [2.45, 2.75) is 64.3 Å². The number of aromatic nitrogens is 2. The van der Waals surface area contributed by atoms with Crippen LogP contribution in [-0.2, 0) is 0 Å². The molecule has 1 aliphatic heterocycles. The zero-order valence-electron chi connectivity index (χ0n) is 20.5. The monoisotopic (exact) mass is 549 g/mol. The average Bonchev–Trinajstić information content (AvgIpc) is 3.25. The highest BCUT2D eigenvalue weighted by Crippen LogP contribution is 2.38. The molecule has 8 nitrogen and oxygen atoms in total. The van der Waals surface area contributed by atoms with Gasteiger partial charge < -0.3 is 20.6 Å². The van der Waals surface area contributed by atoms with E-state index in [1.54, 1.807) is 4.90 Å². The number of piperidine rings is 1. The van der Waals surface area contributed by atoms with Gasteiger partial charge in [0.1, 0.15) is 18.1 Å². The summed E-state index contributed by atoms with van der Waals surface area (Å²) in [5.41, 5.74) is -2.32. The molecule has 3 N–H and O–H groups in total. The first kappa shape index (κ1) is 28.7. The molecule has 3 rings (SSSR count). The van der Waals surface area contributed by atoms with Gasteiger partial charge in [0.05, 0.1) is 10.5 Å². The Morgan fingerprint density at radius 2 is 1.95 bits per heavy atom. The number of pyridine rings is 1. The maximum absolute atomic E-state index is 14.0. The third-order valence-electron chi connectivity index (χ3n) is 5.66. The molecule has 2 amide bonds. The second-order valence-corrected chi connectivity index (χ2v) is 10.5. The quantitative estimate of drug-likeness (QED) is 0.415. The first-order chi connectivity index (χ1) is 17.2. The number of thiazole rings is 1. The predicted molar refractivity (Wildman–Crippen MR) is 128 cm³/mol. The highest BCUT2D eigenvalue weighted by molar-refractivity contribution is 7.17. The van der Waals surface area contributed by atoms with E-state index in [9.17, 15) is 36.6 Å². The topological polar surface area (TPSA) is 107 Å². The molecule has 2 aromatic heterocycles. The van der Waals surface area contributed by atoms with Crippen LogP contribution in [0.5, 0.6) is 0 Å². The summed E-state index contributed by atoms with van der Waals surface area (Å²) in [6.45, 7) is 3.64. The summed E-state index contributed by atoms with van der Waals surface area (Å²) in [6.07, 6.45) is -4.34. The van der Waals surface area contributed by atoms with Gasteiger partial charge in [-0.15, -0.1) is 11.3 Å². The number of halogens is 5. The smallest absolute Gasteiger partial charge is 0.389 e. The van der Waals surface area contributed by atoms with Crippen molar-refractivity contribution in [2.75, 3.05) is 25.0 Å². The number of carbonyl (C=O) groups is 2. The average molecular weight is 550 g/mol. The van der Waals surface area contributed by atoms with Crippen LogP contribution in [0.1, 0.15) is 72.3 Å². The largest absolute Gasteiger partial charge is 0.405 e. The highest BCUT2D eigenvalue weighted by Gasteiger charge is 2.33. The van der Waals surface area contributed by atoms with Crippen molar-refractivity contribution in [3.05, 3.63) is 28.5 Å². The first-order valence-electron chi connectivity index (χ1n) is 11.6. The van der Waals surface area contributed by atoms with Gasteiger partial charge in [-0.25, -0.2) is 18.7 Å². The Balaban J connectivity index is 2.06. The fourth-order valence-electron chi connectivity index (χ4n) is 3.78. The van der Waals surface area contributed by atoms with Crippen LogP contribution >= 0.6 is 11.3 Å². The Hall–Kier alpha value is -2.87. The molecule has 1 fully saturated rings. The number of aliphatic hydroxyl groups is 1. The van der Waals surface area contributed by atoms with E-state index in [4.69, 9.17) is 0 Å². The van der Waals surface area contributed by atoms with Crippen LogP contribution < -0.4 is 10.6 Å². The van der Waals surface area contributed by atoms with Crippen LogP contribution in [0.2, 0.25) is 0 Å². The van der Waals surface area contributed by atoms with Gasteiger partial charge in [0.2, 0.25) is 0 Å². The summed E-state index contributed by atoms with van der Waals surface area (Å²) in [4.78, 5) is 35.7. The lowest BCUT2D eigenvalue weighted by Crippen LogP contribution is -2.42. The molecule has 1 saturated heterocycles. The molecule has 14 heteroatoms. The first-order valence-corrected chi connectivity index (χ1v) is 12.4. The molecule has 0 bridgehead atoms. The summed E-state index contributed by atoms with van der Waals surface area (Å²) in [5.74, 6) is -1.67. The Labute approximate surface area is 214 Å². The lowest BCUT2D eigenvalue weighted by Gasteiger charge is -2.33. The predicted octanol–water partition coefficient (Wildman–Crippen LogP) is 4.63. The maximum atomic E-state index is 14.0. The number of amides is 2. The Kier molecular flexibility index (Phi) is 8.73. The van der Waals surface area contributed by atoms with Gasteiger partial charge in [-0.2, -0.15) is 13.2 Å². The van der Waals surface area contributed by atoms with Crippen molar-refractivity contribution >= 4 is 29.0 Å². The Morgan fingerprint density at radius 1 is 1.24 bits per heavy atom. The molecule has 0 radical (unpaired) electrons. The van der Waals surface area contributed by atoms with Crippen molar-refractivity contribution in [3.63, 3.8) is 0 Å². The molecule has 0 aliphatic carbocycles. The van der Waals surface area contributed by atoms with Gasteiger partial charge >= 0.3 is 6.18 Å². The SMILES string of the molecule is CC1CCCCN1C(=O)c1nc(C(=O)NCC(C)(C)O)sc1-c1cnc(NCC(F)(F)F)cc1C(F)F. The van der Waals surface area contributed by atoms with Crippen molar-refractivity contribution in [1.82, 2.24) is 20.2 Å². The van der Waals surface area contributed by atoms with E-state index in [-0.39, 0.29) is 33.7 Å². The van der Waals surface area contributed by atoms with Gasteiger partial charge in [0.15, 0.2) is 5.01 Å². The van der Waals surface area contributed by atoms with Crippen molar-refractivity contribution in [1.29, 1.82) is 0 Å². The minimum absolute atomic E-state index is 0.0404. The molecule has 204 valence electrons. The van der Waals surface area contributed by atoms with Crippen molar-refractivity contribution in [2.24, 2.45) is 0 Å². The number of alkyl halides is 5. The van der Waals surface area contributed by atoms with Gasteiger partial charge in [0.25, 0.3) is 18.2 Å². The van der Waals surface area contributed by atoms with E-state index in [2.05, 4.69) is 15.3 Å². The van der Waals surface area contributed by atoms with Crippen molar-refractivity contribution < 1.29 is 36.6 Å². The molecule has 1 atom stereocenters. The summed E-state index contributed by atoms with van der Waals surface area (Å²) in [7, 11) is 0. The third kappa shape index (κ3) is 7.57. The van der Waals surface area contributed by atoms with E-state index in [1.807, 2.05) is 12.2 Å². The molecule has 1 aliphatic rings. The highest BCUT2D eigenvalue weighted by atomic mass is 32.1. The van der Waals surface area contributed by atoms with Crippen LogP contribution in [-0.4, -0.2) is 69.2 Å². The van der Waals surface area contributed by atoms with E-state index in [0.29, 0.717) is 17.9 Å². The van der Waals surface area contributed by atoms with Crippen LogP contribution in [0.15, 0.2) is 12.3 Å². The fraction of sp³-hybridized carbons (Fsp3) is 0.565. The summed E-state index contributed by atoms with van der Waals surface area (Å²) < 4.78 is 65.8. The molecule has 0 aromatic carbocycles. The summed E-state index contributed by atoms with van der Waals surface area (Å²) in [5, 5.41) is 14.2. The van der Waals surface area contributed by atoms with Gasteiger partial charge in [-0.05, 0) is 46.1 Å². The minimum atomic E-state index is -4.58. The number of anilines is 1. The molecule has 37 heavy (non-hydrogen) atoms. The minimum Gasteiger partial charge on any atom is -0.389 e. The zero-order chi connectivity index (χ0) is 27.5. The maximum Gasteiger partial charge on any atom is 0.405 e. The molecular formula is C23H28F5N5O3S. The number of hydrogen-bond acceptors (Lipinski definition) is 7. The van der Waals surface area contributed by atoms with Crippen LogP contribution in [0.25, 0.3) is 10.4 Å². The van der Waals surface area contributed by atoms with Crippen molar-refractivity contribution in [3.8, 4) is 10.4 Å². The lowest BCUT2D eigenvalue weighted by atomic mass is 10.0. The molecule has 0 spiro atoms. The van der Waals surface area contributed by atoms with Gasteiger partial charge in [-0.1, -0.05) is 0 Å². The molecule has 1 unspecified atom stereocenters. The van der Waals surface area contributed by atoms with E-state index < -0.39 is 47.9 Å². The van der Waals surface area contributed by atoms with Crippen LogP contribution in [0, 0.1) is 0 Å². The third-order valence-corrected chi connectivity index (χ3v) is 6.74. The van der Waals surface area contributed by atoms with Crippen LogP contribution in [0.3, 0.4) is 0 Å². The zero-order valence-corrected chi connectivity index (χ0v) is 21.3. The molecule has 3 heterocycles. The molecule has 0 saturated carbocycles. The fourth-order valence-corrected chi connectivity index (χ4v) is 4.79. The standard InChI is InChI=1S/C23H28F5N5O3S/c1-12-6-4-5-7-33(12)21(35)16-17(37-20(32-16)19(34)31-10-22(2,3)36)14-9-29-15(8-13(14)18(24)25)30-11-23(26,27)28/h8-9,12,18,36H,4-7,10-11H2,1-3H3,(H,29,30)(H,31,34). The van der Waals surface area contributed by atoms with Gasteiger partial charge in [0, 0.05) is 36.5 Å². The Morgan fingerprint density at radius 3 is 2.54 bits per heavy atom. The second kappa shape index (κ2) is 11.3. The summed E-state index contributed by atoms with van der Waals surface area (Å²) >= 11 is 0.694. The number of hydrogen-bond donors (Lipinski definition) is 3. The number of nitrogens with zero attached hydrogens (tertiary/aromatic N) is 3. The molecule has 2 aromatic rings. The number of likely N-dealkylation sites (tertiary alicyclic amines) is 1. The second-order valence-electron chi connectivity index (χ2n) is 9.46. The summed E-state index contributed by atoms with van der Waals surface area (Å²) in [6, 6.07) is 0.655. The number of nitrogens with one attached hydrogen (secondary N) is 2. The van der Waals surface area contributed by atoms with E-state index >= 15 is 0 Å². The van der Waals surface area contributed by atoms with Crippen LogP contribution in [0.4, 0.5) is 27.8 Å². The number of rotatable bonds is 8. The lowest BCUT2D eigenvalue weighted by molar-refractivity contribution is -0.115. The van der Waals surface area contributed by atoms with Gasteiger partial charge in [-0.3, -0.25) is 9.59 Å².